The second-order valence-electron chi connectivity index (χ2n) is 6.19. The van der Waals surface area contributed by atoms with Crippen LogP contribution in [0.15, 0.2) is 23.2 Å². The van der Waals surface area contributed by atoms with Gasteiger partial charge in [-0.25, -0.2) is 0 Å². The van der Waals surface area contributed by atoms with Gasteiger partial charge in [-0.2, -0.15) is 0 Å². The highest BCUT2D eigenvalue weighted by Gasteiger charge is 2.13. The average Bonchev–Trinajstić information content (AvgIpc) is 2.65. The molecule has 1 atom stereocenters. The second kappa shape index (κ2) is 15.9. The fourth-order valence-corrected chi connectivity index (χ4v) is 2.48. The number of aliphatic imine (C=N–C) groups is 1. The molecule has 0 aliphatic rings. The molecular formula is C20H36IN3O3. The van der Waals surface area contributed by atoms with Crippen LogP contribution in [-0.4, -0.2) is 53.1 Å². The van der Waals surface area contributed by atoms with Gasteiger partial charge in [-0.3, -0.25) is 4.99 Å². The molecule has 0 fully saturated rings. The molecule has 0 aliphatic heterocycles. The van der Waals surface area contributed by atoms with Crippen molar-refractivity contribution in [3.63, 3.8) is 0 Å². The van der Waals surface area contributed by atoms with E-state index in [2.05, 4.69) is 42.5 Å². The highest BCUT2D eigenvalue weighted by atomic mass is 127. The molecule has 156 valence electrons. The summed E-state index contributed by atoms with van der Waals surface area (Å²) in [6.07, 6.45) is 2.26. The van der Waals surface area contributed by atoms with Crippen molar-refractivity contribution in [2.45, 2.75) is 39.7 Å². The third-order valence-electron chi connectivity index (χ3n) is 3.98. The van der Waals surface area contributed by atoms with Gasteiger partial charge < -0.3 is 24.8 Å². The van der Waals surface area contributed by atoms with Gasteiger partial charge in [0.15, 0.2) is 5.96 Å². The average molecular weight is 493 g/mol. The normalized spacial score (nSPS) is 12.3. The van der Waals surface area contributed by atoms with Crippen LogP contribution in [0.2, 0.25) is 0 Å². The lowest BCUT2D eigenvalue weighted by molar-refractivity contribution is 0.0487. The Balaban J connectivity index is 0.00000676. The summed E-state index contributed by atoms with van der Waals surface area (Å²) in [4.78, 5) is 4.27. The summed E-state index contributed by atoms with van der Waals surface area (Å²) in [5.41, 5.74) is 2.31. The molecule has 0 radical (unpaired) electrons. The first-order valence-corrected chi connectivity index (χ1v) is 9.39. The van der Waals surface area contributed by atoms with E-state index < -0.39 is 0 Å². The predicted octanol–water partition coefficient (Wildman–Crippen LogP) is 3.68. The van der Waals surface area contributed by atoms with Crippen molar-refractivity contribution in [1.29, 1.82) is 0 Å². The van der Waals surface area contributed by atoms with Gasteiger partial charge in [0.1, 0.15) is 5.75 Å². The van der Waals surface area contributed by atoms with E-state index in [-0.39, 0.29) is 30.0 Å². The van der Waals surface area contributed by atoms with E-state index in [0.717, 1.165) is 36.7 Å². The number of ether oxygens (including phenoxy) is 3. The molecular weight excluding hydrogens is 457 g/mol. The molecule has 0 saturated carbocycles. The third kappa shape index (κ3) is 10.8. The van der Waals surface area contributed by atoms with Crippen molar-refractivity contribution in [2.75, 3.05) is 47.1 Å². The maximum Gasteiger partial charge on any atom is 0.191 e. The van der Waals surface area contributed by atoms with Crippen LogP contribution in [0.25, 0.3) is 0 Å². The maximum atomic E-state index is 5.56. The van der Waals surface area contributed by atoms with E-state index in [0.29, 0.717) is 26.4 Å². The fraction of sp³-hybridized carbons (Fsp3) is 0.650. The minimum Gasteiger partial charge on any atom is -0.496 e. The standard InChI is InChI=1S/C20H35N3O3.HI/c1-6-7-11-25-13-14-26-12-10-22-20(21-4)23-17(3)18-15-16(2)8-9-19(18)24-5;/h8-9,15,17H,6-7,10-14H2,1-5H3,(H2,21,22,23);1H. The van der Waals surface area contributed by atoms with Gasteiger partial charge in [0.25, 0.3) is 0 Å². The summed E-state index contributed by atoms with van der Waals surface area (Å²) in [6, 6.07) is 6.25. The molecule has 27 heavy (non-hydrogen) atoms. The number of benzene rings is 1. The van der Waals surface area contributed by atoms with Crippen molar-refractivity contribution < 1.29 is 14.2 Å². The Morgan fingerprint density at radius 1 is 1.15 bits per heavy atom. The Bertz CT molecular complexity index is 541. The number of unbranched alkanes of at least 4 members (excludes halogenated alkanes) is 1. The molecule has 0 amide bonds. The summed E-state index contributed by atoms with van der Waals surface area (Å²) < 4.78 is 16.5. The molecule has 1 aromatic carbocycles. The summed E-state index contributed by atoms with van der Waals surface area (Å²) in [5, 5.41) is 6.65. The van der Waals surface area contributed by atoms with Crippen molar-refractivity contribution in [1.82, 2.24) is 10.6 Å². The van der Waals surface area contributed by atoms with E-state index in [9.17, 15) is 0 Å². The highest BCUT2D eigenvalue weighted by Crippen LogP contribution is 2.25. The van der Waals surface area contributed by atoms with Gasteiger partial charge in [0.05, 0.1) is 33.0 Å². The number of nitrogens with zero attached hydrogens (tertiary/aromatic N) is 1. The molecule has 1 unspecified atom stereocenters. The summed E-state index contributed by atoms with van der Waals surface area (Å²) in [5.74, 6) is 1.61. The van der Waals surface area contributed by atoms with Crippen LogP contribution in [-0.2, 0) is 9.47 Å². The molecule has 0 bridgehead atoms. The van der Waals surface area contributed by atoms with Gasteiger partial charge in [0.2, 0.25) is 0 Å². The van der Waals surface area contributed by atoms with Crippen molar-refractivity contribution in [3.05, 3.63) is 29.3 Å². The van der Waals surface area contributed by atoms with Gasteiger partial charge in [-0.1, -0.05) is 31.0 Å². The molecule has 0 saturated heterocycles. The fourth-order valence-electron chi connectivity index (χ4n) is 2.48. The quantitative estimate of drug-likeness (QED) is 0.201. The van der Waals surface area contributed by atoms with Gasteiger partial charge in [-0.15, -0.1) is 24.0 Å². The van der Waals surface area contributed by atoms with Crippen molar-refractivity contribution in [3.8, 4) is 5.75 Å². The Hall–Kier alpha value is -1.06. The molecule has 2 N–H and O–H groups in total. The molecule has 6 nitrogen and oxygen atoms in total. The van der Waals surface area contributed by atoms with Crippen LogP contribution >= 0.6 is 24.0 Å². The van der Waals surface area contributed by atoms with E-state index in [1.165, 1.54) is 5.56 Å². The molecule has 0 aliphatic carbocycles. The van der Waals surface area contributed by atoms with Crippen LogP contribution in [0.4, 0.5) is 0 Å². The number of methoxy groups -OCH3 is 1. The number of guanidine groups is 1. The lowest BCUT2D eigenvalue weighted by Gasteiger charge is -2.20. The predicted molar refractivity (Wildman–Crippen MR) is 123 cm³/mol. The number of rotatable bonds is 12. The summed E-state index contributed by atoms with van der Waals surface area (Å²) in [6.45, 7) is 9.70. The molecule has 0 heterocycles. The first-order valence-electron chi connectivity index (χ1n) is 9.39. The number of nitrogens with one attached hydrogen (secondary N) is 2. The van der Waals surface area contributed by atoms with Crippen LogP contribution in [0.5, 0.6) is 5.75 Å². The zero-order valence-electron chi connectivity index (χ0n) is 17.3. The van der Waals surface area contributed by atoms with E-state index in [1.807, 2.05) is 12.1 Å². The van der Waals surface area contributed by atoms with Gasteiger partial charge in [0, 0.05) is 25.8 Å². The molecule has 0 aromatic heterocycles. The molecule has 7 heteroatoms. The first-order chi connectivity index (χ1) is 12.6. The number of hydrogen-bond donors (Lipinski definition) is 2. The lowest BCUT2D eigenvalue weighted by Crippen LogP contribution is -2.40. The first kappa shape index (κ1) is 25.9. The topological polar surface area (TPSA) is 64.1 Å². The maximum absolute atomic E-state index is 5.56. The van der Waals surface area contributed by atoms with Crippen molar-refractivity contribution in [2.24, 2.45) is 4.99 Å². The Kier molecular flexibility index (Phi) is 15.3. The number of aryl methyl sites for hydroxylation is 1. The van der Waals surface area contributed by atoms with E-state index in [4.69, 9.17) is 14.2 Å². The largest absolute Gasteiger partial charge is 0.496 e. The summed E-state index contributed by atoms with van der Waals surface area (Å²) in [7, 11) is 3.45. The Morgan fingerprint density at radius 3 is 2.48 bits per heavy atom. The Labute approximate surface area is 181 Å². The van der Waals surface area contributed by atoms with Gasteiger partial charge in [-0.05, 0) is 26.3 Å². The van der Waals surface area contributed by atoms with Crippen LogP contribution in [0.1, 0.15) is 43.9 Å². The van der Waals surface area contributed by atoms with Crippen LogP contribution < -0.4 is 15.4 Å². The lowest BCUT2D eigenvalue weighted by atomic mass is 10.0. The SMILES string of the molecule is CCCCOCCOCCNC(=NC)NC(C)c1cc(C)ccc1OC.I. The number of halogens is 1. The Morgan fingerprint density at radius 2 is 1.85 bits per heavy atom. The smallest absolute Gasteiger partial charge is 0.191 e. The molecule has 0 spiro atoms. The van der Waals surface area contributed by atoms with Crippen LogP contribution in [0, 0.1) is 6.92 Å². The van der Waals surface area contributed by atoms with E-state index in [1.54, 1.807) is 14.2 Å². The van der Waals surface area contributed by atoms with Crippen molar-refractivity contribution >= 4 is 29.9 Å². The van der Waals surface area contributed by atoms with Gasteiger partial charge >= 0.3 is 0 Å². The minimum atomic E-state index is 0. The zero-order chi connectivity index (χ0) is 19.2. The third-order valence-corrected chi connectivity index (χ3v) is 3.98. The highest BCUT2D eigenvalue weighted by molar-refractivity contribution is 14.0. The minimum absolute atomic E-state index is 0. The van der Waals surface area contributed by atoms with Crippen LogP contribution in [0.3, 0.4) is 0 Å². The number of hydrogen-bond acceptors (Lipinski definition) is 4. The summed E-state index contributed by atoms with van der Waals surface area (Å²) >= 11 is 0. The molecule has 1 aromatic rings. The van der Waals surface area contributed by atoms with E-state index >= 15 is 0 Å². The second-order valence-corrected chi connectivity index (χ2v) is 6.19. The monoisotopic (exact) mass is 493 g/mol. The molecule has 1 rings (SSSR count). The zero-order valence-corrected chi connectivity index (χ0v) is 19.7.